The fourth-order valence-electron chi connectivity index (χ4n) is 1.85. The first-order chi connectivity index (χ1) is 7.75. The van der Waals surface area contributed by atoms with Crippen LogP contribution >= 0.6 is 0 Å². The number of aryl methyl sites for hydroxylation is 2. The van der Waals surface area contributed by atoms with Crippen molar-refractivity contribution in [2.75, 3.05) is 26.4 Å². The van der Waals surface area contributed by atoms with Gasteiger partial charge in [-0.3, -0.25) is 4.68 Å². The first-order valence-electron chi connectivity index (χ1n) is 5.65. The van der Waals surface area contributed by atoms with Crippen LogP contribution in [0.1, 0.15) is 11.4 Å². The summed E-state index contributed by atoms with van der Waals surface area (Å²) >= 11 is 0. The van der Waals surface area contributed by atoms with E-state index in [2.05, 4.69) is 16.5 Å². The maximum absolute atomic E-state index is 5.54. The number of hydrogen-bond donors (Lipinski definition) is 1. The first-order valence-corrected chi connectivity index (χ1v) is 5.65. The van der Waals surface area contributed by atoms with Crippen LogP contribution in [-0.2, 0) is 23.1 Å². The van der Waals surface area contributed by atoms with Gasteiger partial charge in [-0.1, -0.05) is 0 Å². The third-order valence-corrected chi connectivity index (χ3v) is 2.66. The molecule has 2 heterocycles. The number of nitrogens with one attached hydrogen (secondary N) is 1. The van der Waals surface area contributed by atoms with Crippen LogP contribution in [0.2, 0.25) is 0 Å². The van der Waals surface area contributed by atoms with E-state index in [1.54, 1.807) is 0 Å². The van der Waals surface area contributed by atoms with Crippen LogP contribution in [0, 0.1) is 6.92 Å². The van der Waals surface area contributed by atoms with Gasteiger partial charge in [0, 0.05) is 20.1 Å². The summed E-state index contributed by atoms with van der Waals surface area (Å²) < 4.78 is 12.8. The number of rotatable bonds is 4. The summed E-state index contributed by atoms with van der Waals surface area (Å²) in [5.74, 6) is 0. The summed E-state index contributed by atoms with van der Waals surface area (Å²) in [6.07, 6.45) is 0.183. The summed E-state index contributed by atoms with van der Waals surface area (Å²) in [5.41, 5.74) is 2.24. The van der Waals surface area contributed by atoms with Gasteiger partial charge in [-0.25, -0.2) is 0 Å². The van der Waals surface area contributed by atoms with Crippen LogP contribution in [-0.4, -0.2) is 42.2 Å². The Bertz CT molecular complexity index is 332. The predicted molar refractivity (Wildman–Crippen MR) is 60.2 cm³/mol. The van der Waals surface area contributed by atoms with E-state index in [-0.39, 0.29) is 6.10 Å². The maximum atomic E-state index is 5.54. The fraction of sp³-hybridized carbons (Fsp3) is 0.727. The highest BCUT2D eigenvalue weighted by molar-refractivity contribution is 5.08. The molecule has 2 rings (SSSR count). The smallest absolute Gasteiger partial charge is 0.0933 e. The second-order valence-electron chi connectivity index (χ2n) is 4.10. The Hall–Kier alpha value is -0.910. The van der Waals surface area contributed by atoms with Gasteiger partial charge in [-0.05, 0) is 13.0 Å². The normalized spacial score (nSPS) is 21.2. The standard InChI is InChI=1S/C11H19N3O2/c1-9-5-10(14(2)13-9)6-12-7-11-8-15-3-4-16-11/h5,11-12H,3-4,6-8H2,1-2H3. The van der Waals surface area contributed by atoms with Crippen molar-refractivity contribution < 1.29 is 9.47 Å². The van der Waals surface area contributed by atoms with Crippen molar-refractivity contribution in [1.29, 1.82) is 0 Å². The molecular weight excluding hydrogens is 206 g/mol. The number of aromatic nitrogens is 2. The highest BCUT2D eigenvalue weighted by Gasteiger charge is 2.13. The van der Waals surface area contributed by atoms with Crippen LogP contribution in [0.4, 0.5) is 0 Å². The number of hydrogen-bond acceptors (Lipinski definition) is 4. The molecule has 0 radical (unpaired) electrons. The van der Waals surface area contributed by atoms with Gasteiger partial charge in [0.05, 0.1) is 37.3 Å². The molecule has 1 aliphatic rings. The van der Waals surface area contributed by atoms with Gasteiger partial charge in [0.25, 0.3) is 0 Å². The number of nitrogens with zero attached hydrogens (tertiary/aromatic N) is 2. The molecule has 0 aliphatic carbocycles. The summed E-state index contributed by atoms with van der Waals surface area (Å²) in [5, 5.41) is 7.66. The lowest BCUT2D eigenvalue weighted by Crippen LogP contribution is -2.37. The Labute approximate surface area is 95.7 Å². The summed E-state index contributed by atoms with van der Waals surface area (Å²) in [7, 11) is 1.96. The minimum absolute atomic E-state index is 0.183. The van der Waals surface area contributed by atoms with Gasteiger partial charge < -0.3 is 14.8 Å². The SMILES string of the molecule is Cc1cc(CNCC2COCCO2)n(C)n1. The lowest BCUT2D eigenvalue weighted by molar-refractivity contribution is -0.0864. The van der Waals surface area contributed by atoms with E-state index in [1.807, 2.05) is 18.7 Å². The minimum atomic E-state index is 0.183. The van der Waals surface area contributed by atoms with E-state index in [4.69, 9.17) is 9.47 Å². The van der Waals surface area contributed by atoms with Gasteiger partial charge in [0.1, 0.15) is 0 Å². The Kier molecular flexibility index (Phi) is 3.93. The highest BCUT2D eigenvalue weighted by Crippen LogP contribution is 2.02. The third-order valence-electron chi connectivity index (χ3n) is 2.66. The van der Waals surface area contributed by atoms with E-state index in [1.165, 1.54) is 5.69 Å². The monoisotopic (exact) mass is 225 g/mol. The molecule has 1 fully saturated rings. The number of ether oxygens (including phenoxy) is 2. The Morgan fingerprint density at radius 1 is 1.56 bits per heavy atom. The molecule has 1 atom stereocenters. The molecule has 5 nitrogen and oxygen atoms in total. The molecule has 1 aromatic rings. The quantitative estimate of drug-likeness (QED) is 0.797. The zero-order valence-electron chi connectivity index (χ0n) is 9.90. The lowest BCUT2D eigenvalue weighted by atomic mass is 10.3. The molecule has 90 valence electrons. The zero-order chi connectivity index (χ0) is 11.4. The summed E-state index contributed by atoms with van der Waals surface area (Å²) in [4.78, 5) is 0. The van der Waals surface area contributed by atoms with Crippen molar-refractivity contribution in [3.63, 3.8) is 0 Å². The van der Waals surface area contributed by atoms with E-state index >= 15 is 0 Å². The second kappa shape index (κ2) is 5.43. The van der Waals surface area contributed by atoms with Crippen LogP contribution in [0.5, 0.6) is 0 Å². The van der Waals surface area contributed by atoms with Crippen LogP contribution in [0.15, 0.2) is 6.07 Å². The zero-order valence-corrected chi connectivity index (χ0v) is 9.90. The summed E-state index contributed by atoms with van der Waals surface area (Å²) in [6.45, 7) is 5.76. The van der Waals surface area contributed by atoms with Crippen LogP contribution in [0.25, 0.3) is 0 Å². The molecule has 1 aliphatic heterocycles. The molecule has 0 bridgehead atoms. The largest absolute Gasteiger partial charge is 0.376 e. The predicted octanol–water partition coefficient (Wildman–Crippen LogP) is 0.234. The second-order valence-corrected chi connectivity index (χ2v) is 4.10. The average Bonchev–Trinajstić information content (AvgIpc) is 2.59. The van der Waals surface area contributed by atoms with Gasteiger partial charge in [-0.15, -0.1) is 0 Å². The maximum Gasteiger partial charge on any atom is 0.0933 e. The molecular formula is C11H19N3O2. The Morgan fingerprint density at radius 3 is 3.06 bits per heavy atom. The Balaban J connectivity index is 1.73. The van der Waals surface area contributed by atoms with Crippen LogP contribution < -0.4 is 5.32 Å². The topological polar surface area (TPSA) is 48.3 Å². The minimum Gasteiger partial charge on any atom is -0.376 e. The van der Waals surface area contributed by atoms with Crippen molar-refractivity contribution in [3.8, 4) is 0 Å². The van der Waals surface area contributed by atoms with Gasteiger partial charge in [0.2, 0.25) is 0 Å². The molecule has 1 unspecified atom stereocenters. The van der Waals surface area contributed by atoms with E-state index < -0.39 is 0 Å². The molecule has 1 aromatic heterocycles. The van der Waals surface area contributed by atoms with Crippen molar-refractivity contribution in [2.24, 2.45) is 7.05 Å². The summed E-state index contributed by atoms with van der Waals surface area (Å²) in [6, 6.07) is 2.09. The first kappa shape index (κ1) is 11.6. The average molecular weight is 225 g/mol. The molecule has 0 saturated carbocycles. The van der Waals surface area contributed by atoms with Crippen molar-refractivity contribution in [3.05, 3.63) is 17.5 Å². The molecule has 1 N–H and O–H groups in total. The fourth-order valence-corrected chi connectivity index (χ4v) is 1.85. The van der Waals surface area contributed by atoms with Crippen molar-refractivity contribution in [2.45, 2.75) is 19.6 Å². The molecule has 0 aromatic carbocycles. The van der Waals surface area contributed by atoms with Gasteiger partial charge >= 0.3 is 0 Å². The lowest BCUT2D eigenvalue weighted by Gasteiger charge is -2.23. The van der Waals surface area contributed by atoms with Crippen molar-refractivity contribution in [1.82, 2.24) is 15.1 Å². The Morgan fingerprint density at radius 2 is 2.44 bits per heavy atom. The molecule has 0 spiro atoms. The molecule has 16 heavy (non-hydrogen) atoms. The molecule has 0 amide bonds. The van der Waals surface area contributed by atoms with Gasteiger partial charge in [-0.2, -0.15) is 5.10 Å². The van der Waals surface area contributed by atoms with E-state index in [0.717, 1.165) is 25.4 Å². The van der Waals surface area contributed by atoms with Crippen molar-refractivity contribution >= 4 is 0 Å². The van der Waals surface area contributed by atoms with Crippen LogP contribution in [0.3, 0.4) is 0 Å². The van der Waals surface area contributed by atoms with Gasteiger partial charge in [0.15, 0.2) is 0 Å². The third kappa shape index (κ3) is 3.04. The highest BCUT2D eigenvalue weighted by atomic mass is 16.6. The molecule has 5 heteroatoms. The molecule has 1 saturated heterocycles. The van der Waals surface area contributed by atoms with E-state index in [0.29, 0.717) is 13.2 Å². The van der Waals surface area contributed by atoms with E-state index in [9.17, 15) is 0 Å².